The van der Waals surface area contributed by atoms with Crippen LogP contribution in [0.5, 0.6) is 0 Å². The molecule has 0 saturated carbocycles. The van der Waals surface area contributed by atoms with Gasteiger partial charge in [0.2, 0.25) is 5.91 Å². The van der Waals surface area contributed by atoms with E-state index < -0.39 is 6.04 Å². The fourth-order valence-corrected chi connectivity index (χ4v) is 4.20. The van der Waals surface area contributed by atoms with Crippen molar-refractivity contribution in [1.29, 1.82) is 0 Å². The monoisotopic (exact) mass is 437 g/mol. The highest BCUT2D eigenvalue weighted by Crippen LogP contribution is 2.20. The first-order chi connectivity index (χ1) is 15.3. The van der Waals surface area contributed by atoms with Crippen molar-refractivity contribution < 1.29 is 14.3 Å². The summed E-state index contributed by atoms with van der Waals surface area (Å²) in [4.78, 5) is 28.1. The topological polar surface area (TPSA) is 70.7 Å². The predicted octanol–water partition coefficient (Wildman–Crippen LogP) is 3.62. The van der Waals surface area contributed by atoms with Gasteiger partial charge >= 0.3 is 6.03 Å². The van der Waals surface area contributed by atoms with Crippen molar-refractivity contribution >= 4 is 29.4 Å². The molecular weight excluding hydrogens is 401 g/mol. The Morgan fingerprint density at radius 3 is 2.41 bits per heavy atom. The second kappa shape index (κ2) is 11.4. The van der Waals surface area contributed by atoms with Gasteiger partial charge in [-0.3, -0.25) is 4.79 Å². The number of carbonyl (C=O) groups excluding carboxylic acids is 2. The van der Waals surface area contributed by atoms with Crippen LogP contribution < -0.4 is 10.6 Å². The first kappa shape index (κ1) is 24.1. The molecule has 2 N–H and O–H groups in total. The van der Waals surface area contributed by atoms with E-state index in [2.05, 4.69) is 56.3 Å². The smallest absolute Gasteiger partial charge is 0.318 e. The lowest BCUT2D eigenvalue weighted by molar-refractivity contribution is -0.123. The van der Waals surface area contributed by atoms with Gasteiger partial charge < -0.3 is 20.3 Å². The maximum atomic E-state index is 13.4. The summed E-state index contributed by atoms with van der Waals surface area (Å²) in [6.45, 7) is 11.0. The Kier molecular flexibility index (Phi) is 8.56. The molecule has 0 bridgehead atoms. The van der Waals surface area contributed by atoms with E-state index in [-0.39, 0.29) is 17.9 Å². The Morgan fingerprint density at radius 1 is 1.03 bits per heavy atom. The van der Waals surface area contributed by atoms with Gasteiger partial charge in [-0.2, -0.15) is 0 Å². The van der Waals surface area contributed by atoms with E-state index in [0.29, 0.717) is 45.4 Å². The van der Waals surface area contributed by atoms with Crippen LogP contribution in [0.2, 0.25) is 13.6 Å². The Morgan fingerprint density at radius 2 is 1.72 bits per heavy atom. The van der Waals surface area contributed by atoms with Crippen LogP contribution in [0.1, 0.15) is 25.8 Å². The molecule has 0 spiro atoms. The summed E-state index contributed by atoms with van der Waals surface area (Å²) in [5.74, 6) is 0.416. The molecule has 3 rings (SSSR count). The molecule has 0 aliphatic carbocycles. The Labute approximate surface area is 192 Å². The van der Waals surface area contributed by atoms with Crippen molar-refractivity contribution in [3.63, 3.8) is 0 Å². The van der Waals surface area contributed by atoms with Crippen molar-refractivity contribution in [2.45, 2.75) is 52.3 Å². The molecule has 1 aliphatic heterocycles. The van der Waals surface area contributed by atoms with Gasteiger partial charge in [0.1, 0.15) is 6.04 Å². The molecule has 3 amide bonds. The van der Waals surface area contributed by atoms with E-state index in [9.17, 15) is 9.59 Å². The van der Waals surface area contributed by atoms with Crippen molar-refractivity contribution in [1.82, 2.24) is 15.5 Å². The molecule has 7 heteroatoms. The number of benzene rings is 2. The fourth-order valence-electron chi connectivity index (χ4n) is 4.20. The lowest BCUT2D eigenvalue weighted by atomic mass is 9.47. The fraction of sp³-hybridized carbons (Fsp3) is 0.520. The number of rotatable bonds is 8. The van der Waals surface area contributed by atoms with Crippen molar-refractivity contribution in [2.75, 3.05) is 26.3 Å². The van der Waals surface area contributed by atoms with Gasteiger partial charge in [0, 0.05) is 25.5 Å². The lowest BCUT2D eigenvalue weighted by Gasteiger charge is -2.30. The molecule has 6 nitrogen and oxygen atoms in total. The summed E-state index contributed by atoms with van der Waals surface area (Å²) < 4.78 is 5.36. The number of carbonyl (C=O) groups is 2. The molecule has 0 radical (unpaired) electrons. The number of morpholine rings is 1. The van der Waals surface area contributed by atoms with Gasteiger partial charge in [-0.25, -0.2) is 4.79 Å². The molecule has 32 heavy (non-hydrogen) atoms. The normalized spacial score (nSPS) is 16.0. The molecule has 172 valence electrons. The molecule has 1 aliphatic rings. The van der Waals surface area contributed by atoms with Crippen LogP contribution in [0, 0.1) is 5.92 Å². The minimum absolute atomic E-state index is 0.0674. The average Bonchev–Trinajstić information content (AvgIpc) is 2.78. The van der Waals surface area contributed by atoms with E-state index in [1.165, 1.54) is 0 Å². The first-order valence-corrected chi connectivity index (χ1v) is 11.8. The number of amides is 3. The third-order valence-electron chi connectivity index (χ3n) is 6.07. The largest absolute Gasteiger partial charge is 0.378 e. The maximum Gasteiger partial charge on any atom is 0.318 e. The first-order valence-electron chi connectivity index (χ1n) is 11.8. The molecule has 0 unspecified atom stereocenters. The number of hydrogen-bond donors (Lipinski definition) is 2. The van der Waals surface area contributed by atoms with Crippen LogP contribution in [0.25, 0.3) is 10.8 Å². The zero-order valence-electron chi connectivity index (χ0n) is 19.8. The van der Waals surface area contributed by atoms with E-state index >= 15 is 0 Å². The number of ether oxygens (including phenoxy) is 1. The van der Waals surface area contributed by atoms with Gasteiger partial charge in [-0.05, 0) is 28.7 Å². The van der Waals surface area contributed by atoms with E-state index in [1.54, 1.807) is 4.90 Å². The Hall–Kier alpha value is -2.54. The zero-order valence-corrected chi connectivity index (χ0v) is 19.8. The highest BCUT2D eigenvalue weighted by molar-refractivity contribution is 6.57. The third-order valence-corrected chi connectivity index (χ3v) is 6.07. The van der Waals surface area contributed by atoms with Crippen molar-refractivity contribution in [3.05, 3.63) is 48.0 Å². The van der Waals surface area contributed by atoms with Gasteiger partial charge in [-0.15, -0.1) is 0 Å². The summed E-state index contributed by atoms with van der Waals surface area (Å²) in [7, 11) is 0. The van der Waals surface area contributed by atoms with Crippen LogP contribution in [-0.4, -0.2) is 61.8 Å². The van der Waals surface area contributed by atoms with Crippen LogP contribution in [0.4, 0.5) is 4.79 Å². The van der Waals surface area contributed by atoms with Crippen LogP contribution in [-0.2, 0) is 16.0 Å². The van der Waals surface area contributed by atoms with Crippen molar-refractivity contribution in [2.24, 2.45) is 5.92 Å². The molecule has 1 saturated heterocycles. The second-order valence-electron chi connectivity index (χ2n) is 9.43. The minimum Gasteiger partial charge on any atom is -0.378 e. The summed E-state index contributed by atoms with van der Waals surface area (Å²) in [5.41, 5.74) is 1.05. The predicted molar refractivity (Wildman–Crippen MR) is 131 cm³/mol. The SMILES string of the molecule is CB(C)[C@H](CC(C)C)NC(=O)[C@H](Cc1cccc2ccccc12)NC(=O)N1CCOCC1. The Balaban J connectivity index is 1.82. The number of nitrogens with one attached hydrogen (secondary N) is 2. The number of urea groups is 1. The molecular formula is C25H36BN3O3. The van der Waals surface area contributed by atoms with Crippen molar-refractivity contribution in [3.8, 4) is 0 Å². The molecule has 0 aromatic heterocycles. The highest BCUT2D eigenvalue weighted by Gasteiger charge is 2.28. The van der Waals surface area contributed by atoms with Gasteiger partial charge in [0.05, 0.1) is 13.2 Å². The molecule has 2 aromatic carbocycles. The summed E-state index contributed by atoms with van der Waals surface area (Å²) >= 11 is 0. The van der Waals surface area contributed by atoms with Crippen LogP contribution >= 0.6 is 0 Å². The molecule has 2 atom stereocenters. The van der Waals surface area contributed by atoms with E-state index in [4.69, 9.17) is 4.74 Å². The van der Waals surface area contributed by atoms with Crippen LogP contribution in [0.3, 0.4) is 0 Å². The molecule has 1 fully saturated rings. The van der Waals surface area contributed by atoms with Crippen LogP contribution in [0.15, 0.2) is 42.5 Å². The Bertz CT molecular complexity index is 907. The average molecular weight is 437 g/mol. The summed E-state index contributed by atoms with van der Waals surface area (Å²) in [6.07, 6.45) is 1.34. The second-order valence-corrected chi connectivity index (χ2v) is 9.43. The van der Waals surface area contributed by atoms with Gasteiger partial charge in [0.25, 0.3) is 0 Å². The quantitative estimate of drug-likeness (QED) is 0.620. The van der Waals surface area contributed by atoms with Gasteiger partial charge in [0.15, 0.2) is 6.71 Å². The number of fused-ring (bicyclic) bond motifs is 1. The number of hydrogen-bond acceptors (Lipinski definition) is 3. The lowest BCUT2D eigenvalue weighted by Crippen LogP contribution is -2.56. The minimum atomic E-state index is -0.649. The van der Waals surface area contributed by atoms with E-state index in [1.807, 2.05) is 24.3 Å². The summed E-state index contributed by atoms with van der Waals surface area (Å²) in [5, 5.41) is 8.48. The molecule has 1 heterocycles. The highest BCUT2D eigenvalue weighted by atomic mass is 16.5. The maximum absolute atomic E-state index is 13.4. The van der Waals surface area contributed by atoms with Gasteiger partial charge in [-0.1, -0.05) is 70.0 Å². The standard InChI is InChI=1S/C25H36BN3O3/c1-18(2)16-23(26(3)4)28-24(30)22(27-25(31)29-12-14-32-15-13-29)17-20-10-7-9-19-8-5-6-11-21(19)20/h5-11,18,22-23H,12-17H2,1-4H3,(H,27,31)(H,28,30)/t22-,23-/m0/s1. The molecule has 2 aromatic rings. The number of nitrogens with zero attached hydrogens (tertiary/aromatic N) is 1. The zero-order chi connectivity index (χ0) is 23.1. The van der Waals surface area contributed by atoms with E-state index in [0.717, 1.165) is 22.8 Å². The summed E-state index contributed by atoms with van der Waals surface area (Å²) in [6, 6.07) is 13.4. The third kappa shape index (κ3) is 6.48.